The van der Waals surface area contributed by atoms with Crippen molar-refractivity contribution in [2.75, 3.05) is 0 Å². The summed E-state index contributed by atoms with van der Waals surface area (Å²) >= 11 is 0. The Kier molecular flexibility index (Phi) is 3.00. The number of rotatable bonds is 2. The summed E-state index contributed by atoms with van der Waals surface area (Å²) in [7, 11) is 0. The van der Waals surface area contributed by atoms with Crippen LogP contribution in [0.25, 0.3) is 21.5 Å². The maximum atomic E-state index is 13.2. The fraction of sp³-hybridized carbons (Fsp3) is 0.269. The lowest BCUT2D eigenvalue weighted by atomic mass is 9.85. The van der Waals surface area contributed by atoms with Crippen molar-refractivity contribution in [2.24, 2.45) is 34.2 Å². The van der Waals surface area contributed by atoms with Gasteiger partial charge in [-0.25, -0.2) is 0 Å². The summed E-state index contributed by atoms with van der Waals surface area (Å²) in [4.78, 5) is 26.4. The number of allylic oxidation sites excluding steroid dienone is 2. The van der Waals surface area contributed by atoms with E-state index >= 15 is 0 Å². The molecule has 3 aromatic carbocycles. The first-order valence-electron chi connectivity index (χ1n) is 10.7. The molecule has 146 valence electrons. The number of carbonyl (C=O) groups excluding carboxylic acids is 2. The van der Waals surface area contributed by atoms with Crippen LogP contribution in [0.1, 0.15) is 18.4 Å². The second-order valence-electron chi connectivity index (χ2n) is 9.19. The molecule has 1 saturated heterocycles. The lowest BCUT2D eigenvalue weighted by Gasteiger charge is -2.18. The van der Waals surface area contributed by atoms with Crippen molar-refractivity contribution >= 4 is 39.6 Å². The normalized spacial score (nSPS) is 30.5. The molecule has 4 aliphatic rings. The van der Waals surface area contributed by atoms with Crippen molar-refractivity contribution in [2.45, 2.75) is 12.8 Å². The van der Waals surface area contributed by atoms with E-state index in [0.29, 0.717) is 0 Å². The highest BCUT2D eigenvalue weighted by Crippen LogP contribution is 2.73. The Bertz CT molecular complexity index is 1250. The number of benzene rings is 3. The minimum atomic E-state index is -0.212. The fourth-order valence-corrected chi connectivity index (χ4v) is 6.48. The first kappa shape index (κ1) is 16.5. The summed E-state index contributed by atoms with van der Waals surface area (Å²) < 4.78 is 0. The molecule has 7 rings (SSSR count). The number of amides is 2. The lowest BCUT2D eigenvalue weighted by molar-refractivity contribution is -0.141. The molecule has 0 N–H and O–H groups in total. The lowest BCUT2D eigenvalue weighted by Crippen LogP contribution is -2.30. The number of hydrogen-bond donors (Lipinski definition) is 0. The van der Waals surface area contributed by atoms with Crippen molar-refractivity contribution in [3.63, 3.8) is 0 Å². The largest absolute Gasteiger partial charge is 0.272 e. The van der Waals surface area contributed by atoms with Gasteiger partial charge in [-0.15, -0.1) is 0 Å². The van der Waals surface area contributed by atoms with Crippen molar-refractivity contribution in [3.05, 3.63) is 72.3 Å². The van der Waals surface area contributed by atoms with Crippen molar-refractivity contribution in [3.8, 4) is 0 Å². The molecule has 0 unspecified atom stereocenters. The van der Waals surface area contributed by atoms with Gasteiger partial charge >= 0.3 is 0 Å². The molecule has 1 aliphatic heterocycles. The standard InChI is InChI=1S/C26H20N2O2/c29-24-22-20-9-10-21(26(20)11-12-26)23(22)25(30)28(24)27-14-19-17-7-3-1-5-15(17)13-16-6-2-4-8-18(16)19/h1-10,13-14,20-23H,11-12H2/b27-14-/t20-,21-,22-,23-/m1/s1. The van der Waals surface area contributed by atoms with Gasteiger partial charge < -0.3 is 0 Å². The maximum absolute atomic E-state index is 13.2. The third kappa shape index (κ3) is 1.89. The smallest absolute Gasteiger partial charge is 0.254 e. The number of fused-ring (bicyclic) bond motifs is 5. The van der Waals surface area contributed by atoms with E-state index < -0.39 is 0 Å². The van der Waals surface area contributed by atoms with Crippen molar-refractivity contribution in [1.29, 1.82) is 0 Å². The first-order valence-corrected chi connectivity index (χ1v) is 10.7. The van der Waals surface area contributed by atoms with Gasteiger partial charge in [0.25, 0.3) is 11.8 Å². The Hall–Kier alpha value is -3.27. The van der Waals surface area contributed by atoms with E-state index in [-0.39, 0.29) is 40.9 Å². The van der Waals surface area contributed by atoms with Crippen LogP contribution < -0.4 is 0 Å². The maximum Gasteiger partial charge on any atom is 0.254 e. The summed E-state index contributed by atoms with van der Waals surface area (Å²) in [5, 5.41) is 10.0. The van der Waals surface area contributed by atoms with Gasteiger partial charge in [-0.3, -0.25) is 9.59 Å². The molecule has 3 aliphatic carbocycles. The fourth-order valence-electron chi connectivity index (χ4n) is 6.48. The van der Waals surface area contributed by atoms with E-state index in [4.69, 9.17) is 0 Å². The minimum Gasteiger partial charge on any atom is -0.272 e. The highest BCUT2D eigenvalue weighted by Gasteiger charge is 2.73. The molecule has 1 spiro atoms. The van der Waals surface area contributed by atoms with Crippen LogP contribution in [0.15, 0.2) is 71.9 Å². The van der Waals surface area contributed by atoms with Crippen molar-refractivity contribution < 1.29 is 9.59 Å². The van der Waals surface area contributed by atoms with Crippen LogP contribution >= 0.6 is 0 Å². The van der Waals surface area contributed by atoms with Crippen LogP contribution in [0.4, 0.5) is 0 Å². The predicted octanol–water partition coefficient (Wildman–Crippen LogP) is 4.52. The van der Waals surface area contributed by atoms with E-state index in [1.54, 1.807) is 6.21 Å². The second-order valence-corrected chi connectivity index (χ2v) is 9.19. The molecule has 4 atom stereocenters. The van der Waals surface area contributed by atoms with Crippen LogP contribution in [0.2, 0.25) is 0 Å². The van der Waals surface area contributed by atoms with Gasteiger partial charge in [-0.2, -0.15) is 10.1 Å². The molecule has 4 heteroatoms. The number of hydrazone groups is 1. The molecule has 2 saturated carbocycles. The Balaban J connectivity index is 1.32. The molecule has 1 heterocycles. The number of imide groups is 1. The molecule has 30 heavy (non-hydrogen) atoms. The third-order valence-corrected chi connectivity index (χ3v) is 7.94. The first-order chi connectivity index (χ1) is 14.7. The quantitative estimate of drug-likeness (QED) is 0.279. The molecule has 2 bridgehead atoms. The number of hydrogen-bond acceptors (Lipinski definition) is 3. The van der Waals surface area contributed by atoms with Crippen LogP contribution in [0, 0.1) is 29.1 Å². The topological polar surface area (TPSA) is 49.7 Å². The van der Waals surface area contributed by atoms with E-state index in [9.17, 15) is 9.59 Å². The number of carbonyl (C=O) groups is 2. The van der Waals surface area contributed by atoms with E-state index in [1.807, 2.05) is 24.3 Å². The summed E-state index contributed by atoms with van der Waals surface area (Å²) in [6.07, 6.45) is 8.39. The van der Waals surface area contributed by atoms with Gasteiger partial charge in [0, 0.05) is 5.56 Å². The highest BCUT2D eigenvalue weighted by molar-refractivity contribution is 6.14. The Morgan fingerprint density at radius 1 is 0.833 bits per heavy atom. The van der Waals surface area contributed by atoms with Crippen LogP contribution in [0.3, 0.4) is 0 Å². The van der Waals surface area contributed by atoms with E-state index in [0.717, 1.165) is 45.0 Å². The average molecular weight is 392 g/mol. The van der Waals surface area contributed by atoms with Gasteiger partial charge in [0.05, 0.1) is 18.1 Å². The zero-order chi connectivity index (χ0) is 20.0. The van der Waals surface area contributed by atoms with Gasteiger partial charge in [0.2, 0.25) is 0 Å². The third-order valence-electron chi connectivity index (χ3n) is 7.94. The van der Waals surface area contributed by atoms with E-state index in [1.165, 1.54) is 0 Å². The number of nitrogens with zero attached hydrogens (tertiary/aromatic N) is 2. The molecule has 2 amide bonds. The SMILES string of the molecule is O=C1[C@H]2[C@H](C(=O)N1/N=C\c1c3ccccc3cc3ccccc13)[C@H]1C=C[C@H]2C12CC2. The molecular formula is C26H20N2O2. The molecular weight excluding hydrogens is 372 g/mol. The van der Waals surface area contributed by atoms with Gasteiger partial charge in [-0.1, -0.05) is 60.7 Å². The molecule has 0 aromatic heterocycles. The van der Waals surface area contributed by atoms with Crippen LogP contribution in [-0.2, 0) is 9.59 Å². The molecule has 3 aromatic rings. The van der Waals surface area contributed by atoms with E-state index in [2.05, 4.69) is 47.6 Å². The van der Waals surface area contributed by atoms with Crippen LogP contribution in [-0.4, -0.2) is 23.0 Å². The van der Waals surface area contributed by atoms with Gasteiger partial charge in [0.1, 0.15) is 0 Å². The van der Waals surface area contributed by atoms with Gasteiger partial charge in [0.15, 0.2) is 0 Å². The predicted molar refractivity (Wildman–Crippen MR) is 116 cm³/mol. The summed E-state index contributed by atoms with van der Waals surface area (Å²) in [6.45, 7) is 0. The Labute approximate surface area is 173 Å². The molecule has 3 fully saturated rings. The molecule has 4 nitrogen and oxygen atoms in total. The molecule has 0 radical (unpaired) electrons. The average Bonchev–Trinajstić information content (AvgIpc) is 3.37. The van der Waals surface area contributed by atoms with Gasteiger partial charge in [-0.05, 0) is 57.7 Å². The Morgan fingerprint density at radius 3 is 1.90 bits per heavy atom. The summed E-state index contributed by atoms with van der Waals surface area (Å²) in [5.74, 6) is -0.208. The monoisotopic (exact) mass is 392 g/mol. The van der Waals surface area contributed by atoms with Crippen LogP contribution in [0.5, 0.6) is 0 Å². The van der Waals surface area contributed by atoms with Crippen molar-refractivity contribution in [1.82, 2.24) is 5.01 Å². The minimum absolute atomic E-state index is 0.117. The Morgan fingerprint density at radius 2 is 1.37 bits per heavy atom. The zero-order valence-electron chi connectivity index (χ0n) is 16.4. The zero-order valence-corrected chi connectivity index (χ0v) is 16.4. The summed E-state index contributed by atoms with van der Waals surface area (Å²) in [5.41, 5.74) is 1.16. The summed E-state index contributed by atoms with van der Waals surface area (Å²) in [6, 6.07) is 18.5. The second kappa shape index (κ2) is 5.45. The highest BCUT2D eigenvalue weighted by atomic mass is 16.2.